The smallest absolute Gasteiger partial charge is 0.220 e. The van der Waals surface area contributed by atoms with Gasteiger partial charge < -0.3 is 5.32 Å². The van der Waals surface area contributed by atoms with Gasteiger partial charge in [0.2, 0.25) is 5.91 Å². The Hall–Kier alpha value is -1.31. The molecule has 0 aromatic heterocycles. The lowest BCUT2D eigenvalue weighted by molar-refractivity contribution is -0.122. The Kier molecular flexibility index (Phi) is 3.38. The molecular weight excluding hydrogens is 186 g/mol. The van der Waals surface area contributed by atoms with Crippen LogP contribution >= 0.6 is 0 Å². The third-order valence-corrected chi connectivity index (χ3v) is 3.03. The quantitative estimate of drug-likeness (QED) is 0.800. The Bertz CT molecular complexity index is 317. The van der Waals surface area contributed by atoms with Crippen molar-refractivity contribution in [2.75, 3.05) is 0 Å². The second kappa shape index (κ2) is 4.96. The monoisotopic (exact) mass is 203 g/mol. The van der Waals surface area contributed by atoms with Crippen LogP contribution in [0.1, 0.15) is 31.2 Å². The number of benzene rings is 1. The highest BCUT2D eigenvalue weighted by molar-refractivity contribution is 5.76. The highest BCUT2D eigenvalue weighted by atomic mass is 16.1. The highest BCUT2D eigenvalue weighted by Crippen LogP contribution is 2.29. The van der Waals surface area contributed by atoms with Crippen LogP contribution < -0.4 is 5.32 Å². The van der Waals surface area contributed by atoms with Crippen LogP contribution in [0, 0.1) is 5.92 Å². The molecule has 1 fully saturated rings. The standard InChI is InChI=1S/C13H17NO/c15-13(9-11-7-4-8-11)14-10-12-5-2-1-3-6-12/h1-3,5-6,11H,4,7-10H2,(H,14,15). The molecule has 0 radical (unpaired) electrons. The minimum atomic E-state index is 0.198. The molecule has 0 saturated heterocycles. The number of rotatable bonds is 4. The molecule has 80 valence electrons. The molecule has 0 spiro atoms. The summed E-state index contributed by atoms with van der Waals surface area (Å²) >= 11 is 0. The van der Waals surface area contributed by atoms with E-state index in [9.17, 15) is 4.79 Å². The molecule has 1 amide bonds. The molecular formula is C13H17NO. The summed E-state index contributed by atoms with van der Waals surface area (Å²) in [6.45, 7) is 0.659. The minimum Gasteiger partial charge on any atom is -0.352 e. The molecule has 0 bridgehead atoms. The van der Waals surface area contributed by atoms with Gasteiger partial charge in [0.25, 0.3) is 0 Å². The molecule has 1 aromatic rings. The molecule has 2 rings (SSSR count). The Balaban J connectivity index is 1.71. The van der Waals surface area contributed by atoms with Gasteiger partial charge in [-0.25, -0.2) is 0 Å². The maximum atomic E-state index is 11.5. The third kappa shape index (κ3) is 3.08. The van der Waals surface area contributed by atoms with Gasteiger partial charge in [0, 0.05) is 13.0 Å². The third-order valence-electron chi connectivity index (χ3n) is 3.03. The lowest BCUT2D eigenvalue weighted by Crippen LogP contribution is -2.27. The summed E-state index contributed by atoms with van der Waals surface area (Å²) in [6, 6.07) is 10.0. The van der Waals surface area contributed by atoms with Gasteiger partial charge >= 0.3 is 0 Å². The Morgan fingerprint density at radius 1 is 1.27 bits per heavy atom. The van der Waals surface area contributed by atoms with Crippen molar-refractivity contribution in [1.29, 1.82) is 0 Å². The molecule has 0 heterocycles. The van der Waals surface area contributed by atoms with Gasteiger partial charge in [-0.3, -0.25) is 4.79 Å². The van der Waals surface area contributed by atoms with E-state index in [2.05, 4.69) is 5.32 Å². The first-order valence-electron chi connectivity index (χ1n) is 5.65. The fraction of sp³-hybridized carbons (Fsp3) is 0.462. The van der Waals surface area contributed by atoms with Gasteiger partial charge in [0.05, 0.1) is 0 Å². The largest absolute Gasteiger partial charge is 0.352 e. The van der Waals surface area contributed by atoms with E-state index < -0.39 is 0 Å². The predicted octanol–water partition coefficient (Wildman–Crippen LogP) is 2.49. The van der Waals surface area contributed by atoms with Crippen LogP contribution in [0.5, 0.6) is 0 Å². The molecule has 2 nitrogen and oxygen atoms in total. The van der Waals surface area contributed by atoms with E-state index >= 15 is 0 Å². The molecule has 1 aliphatic carbocycles. The molecule has 1 N–H and O–H groups in total. The van der Waals surface area contributed by atoms with E-state index in [1.807, 2.05) is 30.3 Å². The van der Waals surface area contributed by atoms with Crippen molar-refractivity contribution >= 4 is 5.91 Å². The molecule has 1 saturated carbocycles. The first kappa shape index (κ1) is 10.2. The van der Waals surface area contributed by atoms with Crippen molar-refractivity contribution in [3.8, 4) is 0 Å². The number of hydrogen-bond donors (Lipinski definition) is 1. The summed E-state index contributed by atoms with van der Waals surface area (Å²) in [5.41, 5.74) is 1.17. The summed E-state index contributed by atoms with van der Waals surface area (Å²) in [4.78, 5) is 11.5. The Morgan fingerprint density at radius 3 is 2.60 bits per heavy atom. The van der Waals surface area contributed by atoms with Crippen LogP contribution in [-0.4, -0.2) is 5.91 Å². The number of nitrogens with one attached hydrogen (secondary N) is 1. The van der Waals surface area contributed by atoms with Gasteiger partial charge in [-0.2, -0.15) is 0 Å². The van der Waals surface area contributed by atoms with Crippen LogP contribution in [0.3, 0.4) is 0 Å². The summed E-state index contributed by atoms with van der Waals surface area (Å²) in [5.74, 6) is 0.851. The Morgan fingerprint density at radius 2 is 2.00 bits per heavy atom. The SMILES string of the molecule is O=C(CC1CCC1)NCc1ccccc1. The van der Waals surface area contributed by atoms with Crippen LogP contribution in [0.4, 0.5) is 0 Å². The lowest BCUT2D eigenvalue weighted by atomic mass is 9.83. The Labute approximate surface area is 90.7 Å². The van der Waals surface area contributed by atoms with Crippen molar-refractivity contribution in [2.45, 2.75) is 32.2 Å². The first-order chi connectivity index (χ1) is 7.34. The van der Waals surface area contributed by atoms with Gasteiger partial charge in [0.15, 0.2) is 0 Å². The van der Waals surface area contributed by atoms with Crippen LogP contribution in [0.25, 0.3) is 0 Å². The van der Waals surface area contributed by atoms with Crippen LogP contribution in [0.2, 0.25) is 0 Å². The minimum absolute atomic E-state index is 0.198. The van der Waals surface area contributed by atoms with Crippen molar-refractivity contribution in [1.82, 2.24) is 5.32 Å². The van der Waals surface area contributed by atoms with Crippen molar-refractivity contribution in [3.63, 3.8) is 0 Å². The van der Waals surface area contributed by atoms with E-state index in [-0.39, 0.29) is 5.91 Å². The van der Waals surface area contributed by atoms with Crippen LogP contribution in [0.15, 0.2) is 30.3 Å². The fourth-order valence-corrected chi connectivity index (χ4v) is 1.83. The van der Waals surface area contributed by atoms with Gasteiger partial charge in [-0.1, -0.05) is 36.8 Å². The van der Waals surface area contributed by atoms with Crippen molar-refractivity contribution in [3.05, 3.63) is 35.9 Å². The molecule has 1 aliphatic rings. The fourth-order valence-electron chi connectivity index (χ4n) is 1.83. The second-order valence-corrected chi connectivity index (χ2v) is 4.26. The van der Waals surface area contributed by atoms with E-state index in [1.165, 1.54) is 24.8 Å². The second-order valence-electron chi connectivity index (χ2n) is 4.26. The molecule has 0 unspecified atom stereocenters. The first-order valence-corrected chi connectivity index (χ1v) is 5.65. The zero-order valence-electron chi connectivity index (χ0n) is 8.91. The van der Waals surface area contributed by atoms with Crippen molar-refractivity contribution < 1.29 is 4.79 Å². The van der Waals surface area contributed by atoms with Crippen molar-refractivity contribution in [2.24, 2.45) is 5.92 Å². The number of amides is 1. The van der Waals surface area contributed by atoms with E-state index in [4.69, 9.17) is 0 Å². The van der Waals surface area contributed by atoms with Crippen LogP contribution in [-0.2, 0) is 11.3 Å². The highest BCUT2D eigenvalue weighted by Gasteiger charge is 2.20. The number of carbonyl (C=O) groups excluding carboxylic acids is 1. The summed E-state index contributed by atoms with van der Waals surface area (Å²) in [6.07, 6.45) is 4.49. The summed E-state index contributed by atoms with van der Waals surface area (Å²) in [5, 5.41) is 2.96. The number of carbonyl (C=O) groups is 1. The van der Waals surface area contributed by atoms with E-state index in [0.29, 0.717) is 18.9 Å². The summed E-state index contributed by atoms with van der Waals surface area (Å²) < 4.78 is 0. The summed E-state index contributed by atoms with van der Waals surface area (Å²) in [7, 11) is 0. The van der Waals surface area contributed by atoms with Gasteiger partial charge in [-0.05, 0) is 24.3 Å². The van der Waals surface area contributed by atoms with Gasteiger partial charge in [0.1, 0.15) is 0 Å². The maximum absolute atomic E-state index is 11.5. The molecule has 0 atom stereocenters. The lowest BCUT2D eigenvalue weighted by Gasteiger charge is -2.24. The predicted molar refractivity (Wildman–Crippen MR) is 60.2 cm³/mol. The molecule has 1 aromatic carbocycles. The maximum Gasteiger partial charge on any atom is 0.220 e. The topological polar surface area (TPSA) is 29.1 Å². The molecule has 0 aliphatic heterocycles. The van der Waals surface area contributed by atoms with E-state index in [0.717, 1.165) is 0 Å². The van der Waals surface area contributed by atoms with Gasteiger partial charge in [-0.15, -0.1) is 0 Å². The average Bonchev–Trinajstić information content (AvgIpc) is 2.22. The average molecular weight is 203 g/mol. The zero-order chi connectivity index (χ0) is 10.5. The molecule has 15 heavy (non-hydrogen) atoms. The zero-order valence-corrected chi connectivity index (χ0v) is 8.91. The molecule has 2 heteroatoms. The normalized spacial score (nSPS) is 15.7. The number of hydrogen-bond acceptors (Lipinski definition) is 1. The van der Waals surface area contributed by atoms with E-state index in [1.54, 1.807) is 0 Å².